The molecule has 0 heterocycles. The Morgan fingerprint density at radius 3 is 2.71 bits per heavy atom. The molecular formula is C16H27N3OS. The van der Waals surface area contributed by atoms with Gasteiger partial charge >= 0.3 is 0 Å². The molecule has 0 aliphatic heterocycles. The molecule has 2 N–H and O–H groups in total. The molecule has 0 saturated heterocycles. The van der Waals surface area contributed by atoms with Crippen LogP contribution in [0.2, 0.25) is 0 Å². The summed E-state index contributed by atoms with van der Waals surface area (Å²) in [6.45, 7) is 8.69. The molecule has 0 bridgehead atoms. The van der Waals surface area contributed by atoms with Crippen LogP contribution in [0.15, 0.2) is 29.3 Å². The predicted molar refractivity (Wildman–Crippen MR) is 93.4 cm³/mol. The highest BCUT2D eigenvalue weighted by atomic mass is 32.2. The van der Waals surface area contributed by atoms with Crippen molar-refractivity contribution in [3.63, 3.8) is 0 Å². The molecule has 0 atom stereocenters. The summed E-state index contributed by atoms with van der Waals surface area (Å²) in [7, 11) is 1.79. The topological polar surface area (TPSA) is 45.6 Å². The maximum Gasteiger partial charge on any atom is 0.191 e. The number of guanidine groups is 1. The molecule has 1 aromatic carbocycles. The first kappa shape index (κ1) is 17.7. The van der Waals surface area contributed by atoms with E-state index in [1.165, 1.54) is 5.56 Å². The summed E-state index contributed by atoms with van der Waals surface area (Å²) in [4.78, 5) is 4.25. The zero-order valence-electron chi connectivity index (χ0n) is 13.7. The Bertz CT molecular complexity index is 461. The molecule has 4 nitrogen and oxygen atoms in total. The van der Waals surface area contributed by atoms with Gasteiger partial charge in [-0.3, -0.25) is 4.99 Å². The molecular weight excluding hydrogens is 282 g/mol. The van der Waals surface area contributed by atoms with Gasteiger partial charge < -0.3 is 15.4 Å². The van der Waals surface area contributed by atoms with Crippen molar-refractivity contribution in [3.05, 3.63) is 29.8 Å². The minimum absolute atomic E-state index is 0.187. The van der Waals surface area contributed by atoms with Crippen molar-refractivity contribution in [2.24, 2.45) is 4.99 Å². The highest BCUT2D eigenvalue weighted by molar-refractivity contribution is 7.99. The normalized spacial score (nSPS) is 12.1. The number of rotatable bonds is 7. The fourth-order valence-corrected chi connectivity index (χ4v) is 1.90. The van der Waals surface area contributed by atoms with Gasteiger partial charge in [0.2, 0.25) is 0 Å². The zero-order valence-corrected chi connectivity index (χ0v) is 14.5. The molecule has 118 valence electrons. The van der Waals surface area contributed by atoms with E-state index in [0.717, 1.165) is 24.8 Å². The van der Waals surface area contributed by atoms with Crippen molar-refractivity contribution in [3.8, 4) is 5.75 Å². The summed E-state index contributed by atoms with van der Waals surface area (Å²) in [6, 6.07) is 8.11. The number of hydrogen-bond donors (Lipinski definition) is 2. The molecule has 1 rings (SSSR count). The molecule has 5 heteroatoms. The summed E-state index contributed by atoms with van der Waals surface area (Å²) in [5.41, 5.74) is 1.17. The monoisotopic (exact) mass is 309 g/mol. The van der Waals surface area contributed by atoms with Crippen LogP contribution in [0.5, 0.6) is 5.75 Å². The van der Waals surface area contributed by atoms with Crippen LogP contribution in [0.25, 0.3) is 0 Å². The lowest BCUT2D eigenvalue weighted by Crippen LogP contribution is -2.42. The highest BCUT2D eigenvalue weighted by Gasteiger charge is 2.15. The summed E-state index contributed by atoms with van der Waals surface area (Å²) >= 11 is 1.84. The van der Waals surface area contributed by atoms with E-state index in [0.29, 0.717) is 6.61 Å². The van der Waals surface area contributed by atoms with Crippen LogP contribution in [0.3, 0.4) is 0 Å². The van der Waals surface area contributed by atoms with Crippen LogP contribution in [0.1, 0.15) is 26.3 Å². The van der Waals surface area contributed by atoms with Gasteiger partial charge in [0.1, 0.15) is 5.75 Å². The van der Waals surface area contributed by atoms with E-state index < -0.39 is 0 Å². The van der Waals surface area contributed by atoms with Crippen molar-refractivity contribution in [2.45, 2.75) is 32.1 Å². The van der Waals surface area contributed by atoms with Crippen molar-refractivity contribution in [1.29, 1.82) is 0 Å². The van der Waals surface area contributed by atoms with Gasteiger partial charge in [-0.05, 0) is 44.7 Å². The molecule has 0 aromatic heterocycles. The van der Waals surface area contributed by atoms with Crippen LogP contribution in [-0.4, -0.2) is 37.2 Å². The van der Waals surface area contributed by atoms with E-state index in [-0.39, 0.29) is 4.75 Å². The van der Waals surface area contributed by atoms with Gasteiger partial charge in [-0.15, -0.1) is 0 Å². The minimum Gasteiger partial charge on any atom is -0.494 e. The van der Waals surface area contributed by atoms with Gasteiger partial charge in [-0.25, -0.2) is 0 Å². The van der Waals surface area contributed by atoms with Crippen LogP contribution in [0.4, 0.5) is 0 Å². The smallest absolute Gasteiger partial charge is 0.191 e. The fraction of sp³-hybridized carbons (Fsp3) is 0.562. The van der Waals surface area contributed by atoms with Crippen LogP contribution in [-0.2, 0) is 6.54 Å². The van der Waals surface area contributed by atoms with Crippen molar-refractivity contribution < 1.29 is 4.74 Å². The number of ether oxygens (including phenoxy) is 1. The first-order valence-corrected chi connectivity index (χ1v) is 8.44. The lowest BCUT2D eigenvalue weighted by Gasteiger charge is -2.23. The van der Waals surface area contributed by atoms with E-state index in [1.807, 2.05) is 30.8 Å². The Morgan fingerprint density at radius 1 is 1.33 bits per heavy atom. The van der Waals surface area contributed by atoms with Crippen molar-refractivity contribution in [1.82, 2.24) is 10.6 Å². The van der Waals surface area contributed by atoms with E-state index in [2.05, 4.69) is 47.9 Å². The second-order valence-electron chi connectivity index (χ2n) is 5.32. The zero-order chi connectivity index (χ0) is 15.7. The third-order valence-corrected chi connectivity index (χ3v) is 4.38. The first-order chi connectivity index (χ1) is 10.0. The molecule has 0 aliphatic rings. The third-order valence-electron chi connectivity index (χ3n) is 3.13. The number of aliphatic imine (C=N–C) groups is 1. The van der Waals surface area contributed by atoms with Gasteiger partial charge in [0.15, 0.2) is 5.96 Å². The molecule has 0 amide bonds. The quantitative estimate of drug-likeness (QED) is 0.600. The van der Waals surface area contributed by atoms with Crippen LogP contribution < -0.4 is 15.4 Å². The van der Waals surface area contributed by atoms with E-state index in [1.54, 1.807) is 7.05 Å². The van der Waals surface area contributed by atoms with E-state index >= 15 is 0 Å². The molecule has 1 aromatic rings. The molecule has 0 aliphatic carbocycles. The Balaban J connectivity index is 2.50. The summed E-state index contributed by atoms with van der Waals surface area (Å²) in [5, 5.41) is 6.68. The fourth-order valence-electron chi connectivity index (χ4n) is 1.69. The third kappa shape index (κ3) is 6.76. The second-order valence-corrected chi connectivity index (χ2v) is 6.84. The van der Waals surface area contributed by atoms with E-state index in [4.69, 9.17) is 4.74 Å². The van der Waals surface area contributed by atoms with Crippen LogP contribution in [0, 0.1) is 0 Å². The molecule has 21 heavy (non-hydrogen) atoms. The van der Waals surface area contributed by atoms with Gasteiger partial charge in [-0.1, -0.05) is 12.1 Å². The number of nitrogens with zero attached hydrogens (tertiary/aromatic N) is 1. The summed E-state index contributed by atoms with van der Waals surface area (Å²) < 4.78 is 5.70. The molecule has 0 unspecified atom stereocenters. The van der Waals surface area contributed by atoms with Crippen LogP contribution >= 0.6 is 11.8 Å². The molecule has 0 radical (unpaired) electrons. The number of thioether (sulfide) groups is 1. The van der Waals surface area contributed by atoms with Gasteiger partial charge in [-0.2, -0.15) is 11.8 Å². The first-order valence-electron chi connectivity index (χ1n) is 7.22. The average molecular weight is 309 g/mol. The lowest BCUT2D eigenvalue weighted by atomic mass is 10.2. The highest BCUT2D eigenvalue weighted by Crippen LogP contribution is 2.19. The maximum atomic E-state index is 5.51. The van der Waals surface area contributed by atoms with Gasteiger partial charge in [0, 0.05) is 24.9 Å². The number of benzene rings is 1. The maximum absolute atomic E-state index is 5.51. The molecule has 0 spiro atoms. The summed E-state index contributed by atoms with van der Waals surface area (Å²) in [5.74, 6) is 1.72. The lowest BCUT2D eigenvalue weighted by molar-refractivity contribution is 0.340. The van der Waals surface area contributed by atoms with Crippen molar-refractivity contribution >= 4 is 17.7 Å². The standard InChI is InChI=1S/C16H27N3OS/c1-6-20-14-9-7-8-13(10-14)11-18-15(17-4)19-12-16(2,3)21-5/h7-10H,6,11-12H2,1-5H3,(H2,17,18,19). The number of nitrogens with one attached hydrogen (secondary N) is 2. The molecule has 0 fully saturated rings. The number of hydrogen-bond acceptors (Lipinski definition) is 3. The van der Waals surface area contributed by atoms with Gasteiger partial charge in [0.05, 0.1) is 6.61 Å². The summed E-state index contributed by atoms with van der Waals surface area (Å²) in [6.07, 6.45) is 2.12. The minimum atomic E-state index is 0.187. The second kappa shape index (κ2) is 8.82. The Hall–Kier alpha value is -1.36. The SMILES string of the molecule is CCOc1cccc(CNC(=NC)NCC(C)(C)SC)c1. The van der Waals surface area contributed by atoms with E-state index in [9.17, 15) is 0 Å². The Labute approximate surface area is 132 Å². The Morgan fingerprint density at radius 2 is 2.10 bits per heavy atom. The largest absolute Gasteiger partial charge is 0.494 e. The Kier molecular flexibility index (Phi) is 7.43. The van der Waals surface area contributed by atoms with Gasteiger partial charge in [0.25, 0.3) is 0 Å². The van der Waals surface area contributed by atoms with Crippen molar-refractivity contribution in [2.75, 3.05) is 26.5 Å². The average Bonchev–Trinajstić information content (AvgIpc) is 2.48. The predicted octanol–water partition coefficient (Wildman–Crippen LogP) is 2.89. The molecule has 0 saturated carbocycles.